The van der Waals surface area contributed by atoms with Crippen LogP contribution in [0.5, 0.6) is 0 Å². The summed E-state index contributed by atoms with van der Waals surface area (Å²) in [5.41, 5.74) is 0. The molecule has 0 aromatic rings. The Bertz CT molecular complexity index is 172. The molecule has 74 valence electrons. The molecule has 3 atom stereocenters. The fraction of sp³-hybridized carbons (Fsp3) is 1.00. The highest BCUT2D eigenvalue weighted by Crippen LogP contribution is 2.39. The Morgan fingerprint density at radius 3 is 2.77 bits per heavy atom. The normalized spacial score (nSPS) is 45.7. The predicted molar refractivity (Wildman–Crippen MR) is 54.7 cm³/mol. The molecule has 3 aliphatic rings. The molecule has 1 aliphatic carbocycles. The van der Waals surface area contributed by atoms with E-state index in [1.807, 2.05) is 0 Å². The number of rotatable bonds is 0. The third-order valence-electron chi connectivity index (χ3n) is 4.49. The summed E-state index contributed by atoms with van der Waals surface area (Å²) in [7, 11) is 0. The van der Waals surface area contributed by atoms with Crippen molar-refractivity contribution < 1.29 is 0 Å². The summed E-state index contributed by atoms with van der Waals surface area (Å²) in [4.78, 5) is 2.80. The second-order valence-corrected chi connectivity index (χ2v) is 5.43. The highest BCUT2D eigenvalue weighted by Gasteiger charge is 2.35. The zero-order valence-electron chi connectivity index (χ0n) is 8.54. The van der Waals surface area contributed by atoms with Crippen molar-refractivity contribution >= 4 is 0 Å². The predicted octanol–water partition coefficient (Wildman–Crippen LogP) is 2.66. The standard InChI is InChI=1S/C12H21N/c1-3-10-7-11(4-1)9-13-6-2-5-12(13)8-10/h10-12H,1-9H2. The van der Waals surface area contributed by atoms with Gasteiger partial charge in [-0.25, -0.2) is 0 Å². The minimum atomic E-state index is 0.994. The Morgan fingerprint density at radius 2 is 1.77 bits per heavy atom. The lowest BCUT2D eigenvalue weighted by atomic mass is 9.80. The molecular weight excluding hydrogens is 158 g/mol. The number of nitrogens with zero attached hydrogens (tertiary/aromatic N) is 1. The SMILES string of the molecule is C1CC2CC(C1)CN1CCCC1C2. The van der Waals surface area contributed by atoms with Crippen LogP contribution in [0.3, 0.4) is 0 Å². The fourth-order valence-electron chi connectivity index (χ4n) is 3.90. The first-order chi connectivity index (χ1) is 6.42. The molecule has 1 heteroatoms. The van der Waals surface area contributed by atoms with Gasteiger partial charge in [-0.1, -0.05) is 12.8 Å². The van der Waals surface area contributed by atoms with Crippen LogP contribution in [0, 0.1) is 11.8 Å². The molecule has 3 fully saturated rings. The van der Waals surface area contributed by atoms with Gasteiger partial charge in [0.1, 0.15) is 0 Å². The maximum absolute atomic E-state index is 2.80. The molecule has 0 aromatic heterocycles. The molecule has 2 heterocycles. The molecule has 1 nitrogen and oxygen atoms in total. The van der Waals surface area contributed by atoms with E-state index >= 15 is 0 Å². The molecule has 0 aromatic carbocycles. The van der Waals surface area contributed by atoms with Gasteiger partial charge in [0.15, 0.2) is 0 Å². The van der Waals surface area contributed by atoms with Crippen molar-refractivity contribution in [2.24, 2.45) is 11.8 Å². The third-order valence-corrected chi connectivity index (χ3v) is 4.49. The molecule has 1 saturated carbocycles. The van der Waals surface area contributed by atoms with E-state index in [1.165, 1.54) is 45.2 Å². The zero-order valence-corrected chi connectivity index (χ0v) is 8.54. The maximum atomic E-state index is 2.80. The van der Waals surface area contributed by atoms with Gasteiger partial charge in [-0.3, -0.25) is 0 Å². The molecule has 0 N–H and O–H groups in total. The van der Waals surface area contributed by atoms with Crippen LogP contribution in [0.1, 0.15) is 44.9 Å². The van der Waals surface area contributed by atoms with E-state index in [0.29, 0.717) is 0 Å². The van der Waals surface area contributed by atoms with Gasteiger partial charge < -0.3 is 4.90 Å². The smallest absolute Gasteiger partial charge is 0.00984 e. The lowest BCUT2D eigenvalue weighted by Crippen LogP contribution is -2.31. The topological polar surface area (TPSA) is 3.24 Å². The van der Waals surface area contributed by atoms with E-state index in [4.69, 9.17) is 0 Å². The van der Waals surface area contributed by atoms with Crippen LogP contribution >= 0.6 is 0 Å². The third kappa shape index (κ3) is 1.52. The second kappa shape index (κ2) is 3.27. The summed E-state index contributed by atoms with van der Waals surface area (Å²) >= 11 is 0. The van der Waals surface area contributed by atoms with Gasteiger partial charge in [-0.15, -0.1) is 0 Å². The van der Waals surface area contributed by atoms with Crippen molar-refractivity contribution in [3.05, 3.63) is 0 Å². The first-order valence-corrected chi connectivity index (χ1v) is 6.16. The van der Waals surface area contributed by atoms with Gasteiger partial charge in [0.25, 0.3) is 0 Å². The van der Waals surface area contributed by atoms with Gasteiger partial charge in [0, 0.05) is 12.6 Å². The summed E-state index contributed by atoms with van der Waals surface area (Å²) in [5, 5.41) is 0. The average Bonchev–Trinajstić information content (AvgIpc) is 2.49. The monoisotopic (exact) mass is 179 g/mol. The van der Waals surface area contributed by atoms with Crippen LogP contribution in [0.2, 0.25) is 0 Å². The molecule has 2 aliphatic heterocycles. The zero-order chi connectivity index (χ0) is 8.67. The molecule has 3 unspecified atom stereocenters. The Hall–Kier alpha value is -0.0400. The Morgan fingerprint density at radius 1 is 0.846 bits per heavy atom. The maximum Gasteiger partial charge on any atom is 0.00984 e. The molecule has 13 heavy (non-hydrogen) atoms. The van der Waals surface area contributed by atoms with Crippen molar-refractivity contribution in [3.63, 3.8) is 0 Å². The molecule has 2 saturated heterocycles. The van der Waals surface area contributed by atoms with Crippen LogP contribution in [0.4, 0.5) is 0 Å². The summed E-state index contributed by atoms with van der Waals surface area (Å²) in [6.45, 7) is 2.86. The highest BCUT2D eigenvalue weighted by atomic mass is 15.2. The molecule has 2 bridgehead atoms. The summed E-state index contributed by atoms with van der Waals surface area (Å²) in [6, 6.07) is 0.994. The number of hydrogen-bond acceptors (Lipinski definition) is 1. The fourth-order valence-corrected chi connectivity index (χ4v) is 3.90. The van der Waals surface area contributed by atoms with Crippen molar-refractivity contribution in [1.29, 1.82) is 0 Å². The highest BCUT2D eigenvalue weighted by molar-refractivity contribution is 4.89. The van der Waals surface area contributed by atoms with Gasteiger partial charge in [0.05, 0.1) is 0 Å². The Kier molecular flexibility index (Phi) is 2.08. The van der Waals surface area contributed by atoms with E-state index in [-0.39, 0.29) is 0 Å². The van der Waals surface area contributed by atoms with Crippen molar-refractivity contribution in [2.45, 2.75) is 51.0 Å². The van der Waals surface area contributed by atoms with Crippen LogP contribution in [0.15, 0.2) is 0 Å². The van der Waals surface area contributed by atoms with E-state index in [2.05, 4.69) is 4.90 Å². The summed E-state index contributed by atoms with van der Waals surface area (Å²) in [6.07, 6.45) is 10.7. The van der Waals surface area contributed by atoms with Gasteiger partial charge in [-0.2, -0.15) is 0 Å². The summed E-state index contributed by atoms with van der Waals surface area (Å²) in [5.74, 6) is 2.17. The Labute approximate surface area is 81.5 Å². The van der Waals surface area contributed by atoms with E-state index in [1.54, 1.807) is 12.8 Å². The van der Waals surface area contributed by atoms with Crippen molar-refractivity contribution in [2.75, 3.05) is 13.1 Å². The number of hydrogen-bond donors (Lipinski definition) is 0. The lowest BCUT2D eigenvalue weighted by Gasteiger charge is -2.26. The van der Waals surface area contributed by atoms with Gasteiger partial charge in [0.2, 0.25) is 0 Å². The number of fused-ring (bicyclic) bond motifs is 3. The van der Waals surface area contributed by atoms with E-state index in [9.17, 15) is 0 Å². The van der Waals surface area contributed by atoms with Crippen molar-refractivity contribution in [1.82, 2.24) is 4.90 Å². The second-order valence-electron chi connectivity index (χ2n) is 5.43. The molecule has 3 rings (SSSR count). The van der Waals surface area contributed by atoms with Crippen LogP contribution in [-0.2, 0) is 0 Å². The largest absolute Gasteiger partial charge is 0.300 e. The molecule has 0 radical (unpaired) electrons. The molecular formula is C12H21N. The first kappa shape index (κ1) is 8.28. The minimum absolute atomic E-state index is 0.994. The van der Waals surface area contributed by atoms with Gasteiger partial charge >= 0.3 is 0 Å². The Balaban J connectivity index is 1.77. The average molecular weight is 179 g/mol. The molecule has 0 spiro atoms. The lowest BCUT2D eigenvalue weighted by molar-refractivity contribution is 0.225. The quantitative estimate of drug-likeness (QED) is 0.552. The van der Waals surface area contributed by atoms with Crippen LogP contribution < -0.4 is 0 Å². The van der Waals surface area contributed by atoms with E-state index in [0.717, 1.165) is 17.9 Å². The van der Waals surface area contributed by atoms with E-state index < -0.39 is 0 Å². The first-order valence-electron chi connectivity index (χ1n) is 6.16. The van der Waals surface area contributed by atoms with Gasteiger partial charge in [-0.05, 0) is 50.5 Å². The van der Waals surface area contributed by atoms with Crippen molar-refractivity contribution in [3.8, 4) is 0 Å². The van der Waals surface area contributed by atoms with Crippen LogP contribution in [-0.4, -0.2) is 24.0 Å². The minimum Gasteiger partial charge on any atom is -0.300 e. The molecule has 0 amide bonds. The summed E-state index contributed by atoms with van der Waals surface area (Å²) < 4.78 is 0. The van der Waals surface area contributed by atoms with Crippen LogP contribution in [0.25, 0.3) is 0 Å².